The summed E-state index contributed by atoms with van der Waals surface area (Å²) in [5, 5.41) is 2.99. The minimum Gasteiger partial charge on any atom is -0.330 e. The maximum Gasteiger partial charge on any atom is 0.322 e. The van der Waals surface area contributed by atoms with Crippen LogP contribution in [0.3, 0.4) is 0 Å². The Kier molecular flexibility index (Phi) is 4.66. The Morgan fingerprint density at radius 3 is 2.52 bits per heavy atom. The van der Waals surface area contributed by atoms with Crippen molar-refractivity contribution in [2.75, 3.05) is 13.1 Å². The molecule has 3 amide bonds. The summed E-state index contributed by atoms with van der Waals surface area (Å²) in [6.07, 6.45) is 1.69. The largest absolute Gasteiger partial charge is 0.330 e. The summed E-state index contributed by atoms with van der Waals surface area (Å²) in [7, 11) is 0. The molecule has 2 heterocycles. The van der Waals surface area contributed by atoms with Crippen LogP contribution in [0.1, 0.15) is 32.4 Å². The van der Waals surface area contributed by atoms with Crippen molar-refractivity contribution >= 4 is 11.9 Å². The molecule has 0 bridgehead atoms. The average molecular weight is 339 g/mol. The van der Waals surface area contributed by atoms with Gasteiger partial charge >= 0.3 is 6.03 Å². The summed E-state index contributed by atoms with van der Waals surface area (Å²) >= 11 is 0. The molecule has 5 nitrogen and oxygen atoms in total. The Labute approximate surface area is 149 Å². The lowest BCUT2D eigenvalue weighted by Crippen LogP contribution is -2.47. The number of amides is 3. The number of nitrogens with zero attached hydrogens (tertiary/aromatic N) is 2. The van der Waals surface area contributed by atoms with Gasteiger partial charge in [0.25, 0.3) is 5.91 Å². The lowest BCUT2D eigenvalue weighted by molar-refractivity contribution is -0.128. The molecular weight excluding hydrogens is 314 g/mol. The first-order valence-corrected chi connectivity index (χ1v) is 8.73. The van der Waals surface area contributed by atoms with Crippen LogP contribution in [0, 0.1) is 5.92 Å². The highest BCUT2D eigenvalue weighted by Gasteiger charge is 2.45. The van der Waals surface area contributed by atoms with Crippen LogP contribution in [0.2, 0.25) is 0 Å². The quantitative estimate of drug-likeness (QED) is 0.838. The van der Waals surface area contributed by atoms with E-state index in [0.717, 1.165) is 11.3 Å². The molecule has 0 spiro atoms. The van der Waals surface area contributed by atoms with Gasteiger partial charge in [-0.15, -0.1) is 6.58 Å². The zero-order chi connectivity index (χ0) is 18.1. The number of hydrogen-bond donors (Lipinski definition) is 1. The average Bonchev–Trinajstić information content (AvgIpc) is 2.94. The molecule has 1 N–H and O–H groups in total. The van der Waals surface area contributed by atoms with Gasteiger partial charge in [0.05, 0.1) is 23.9 Å². The molecule has 2 aliphatic heterocycles. The van der Waals surface area contributed by atoms with Crippen molar-refractivity contribution in [2.24, 2.45) is 5.92 Å². The molecule has 0 radical (unpaired) electrons. The summed E-state index contributed by atoms with van der Waals surface area (Å²) in [6, 6.07) is 9.19. The standard InChI is InChI=1S/C20H25N3O2/c1-5-11-22-16-12-23(14(4)13(2)3)19(24)17(16)18(21-20(22)25)15-9-7-6-8-10-15/h5-10,13-14,18H,1,11-12H2,2-4H3,(H,21,25). The molecule has 1 aromatic carbocycles. The molecule has 5 heteroatoms. The van der Waals surface area contributed by atoms with Gasteiger partial charge in [0.2, 0.25) is 0 Å². The third-order valence-electron chi connectivity index (χ3n) is 5.15. The highest BCUT2D eigenvalue weighted by atomic mass is 16.2. The van der Waals surface area contributed by atoms with E-state index >= 15 is 0 Å². The Morgan fingerprint density at radius 1 is 1.24 bits per heavy atom. The predicted molar refractivity (Wildman–Crippen MR) is 97.7 cm³/mol. The third-order valence-corrected chi connectivity index (χ3v) is 5.15. The maximum absolute atomic E-state index is 13.2. The first-order chi connectivity index (χ1) is 12.0. The van der Waals surface area contributed by atoms with Crippen LogP contribution in [0.25, 0.3) is 0 Å². The van der Waals surface area contributed by atoms with Gasteiger partial charge < -0.3 is 10.2 Å². The summed E-state index contributed by atoms with van der Waals surface area (Å²) in [6.45, 7) is 10.9. The van der Waals surface area contributed by atoms with Crippen LogP contribution in [0.5, 0.6) is 0 Å². The van der Waals surface area contributed by atoms with Gasteiger partial charge in [-0.1, -0.05) is 50.3 Å². The third kappa shape index (κ3) is 2.95. The van der Waals surface area contributed by atoms with E-state index in [9.17, 15) is 9.59 Å². The molecule has 2 atom stereocenters. The Bertz CT molecular complexity index is 724. The SMILES string of the molecule is C=CCN1C(=O)NC(c2ccccc2)C2=C1CN(C(C)C(C)C)C2=O. The van der Waals surface area contributed by atoms with Gasteiger partial charge in [0, 0.05) is 12.6 Å². The number of urea groups is 1. The Balaban J connectivity index is 2.05. The van der Waals surface area contributed by atoms with Crippen molar-refractivity contribution in [3.8, 4) is 0 Å². The fraction of sp³-hybridized carbons (Fsp3) is 0.400. The number of benzene rings is 1. The van der Waals surface area contributed by atoms with Crippen LogP contribution in [-0.4, -0.2) is 40.9 Å². The second-order valence-electron chi connectivity index (χ2n) is 6.97. The molecule has 2 unspecified atom stereocenters. The van der Waals surface area contributed by atoms with E-state index in [-0.39, 0.29) is 18.0 Å². The fourth-order valence-electron chi connectivity index (χ4n) is 3.42. The van der Waals surface area contributed by atoms with Crippen molar-refractivity contribution < 1.29 is 9.59 Å². The van der Waals surface area contributed by atoms with E-state index in [1.54, 1.807) is 11.0 Å². The van der Waals surface area contributed by atoms with Crippen molar-refractivity contribution in [1.29, 1.82) is 0 Å². The van der Waals surface area contributed by atoms with Gasteiger partial charge in [-0.2, -0.15) is 0 Å². The lowest BCUT2D eigenvalue weighted by atomic mass is 9.95. The number of carbonyl (C=O) groups excluding carboxylic acids is 2. The molecule has 2 aliphatic rings. The number of carbonyl (C=O) groups is 2. The van der Waals surface area contributed by atoms with Gasteiger partial charge in [0.1, 0.15) is 0 Å². The zero-order valence-corrected chi connectivity index (χ0v) is 15.0. The van der Waals surface area contributed by atoms with Crippen LogP contribution in [0.15, 0.2) is 54.3 Å². The maximum atomic E-state index is 13.2. The highest BCUT2D eigenvalue weighted by Crippen LogP contribution is 2.37. The molecule has 0 aliphatic carbocycles. The summed E-state index contributed by atoms with van der Waals surface area (Å²) in [4.78, 5) is 29.3. The Hall–Kier alpha value is -2.56. The normalized spacial score (nSPS) is 21.5. The first-order valence-electron chi connectivity index (χ1n) is 8.73. The van der Waals surface area contributed by atoms with Crippen LogP contribution in [-0.2, 0) is 4.79 Å². The molecule has 132 valence electrons. The van der Waals surface area contributed by atoms with Crippen molar-refractivity contribution in [2.45, 2.75) is 32.9 Å². The molecule has 25 heavy (non-hydrogen) atoms. The molecule has 3 rings (SSSR count). The van der Waals surface area contributed by atoms with E-state index in [1.807, 2.05) is 35.2 Å². The first kappa shape index (κ1) is 17.3. The van der Waals surface area contributed by atoms with E-state index in [2.05, 4.69) is 32.7 Å². The molecular formula is C20H25N3O2. The van der Waals surface area contributed by atoms with Crippen molar-refractivity contribution in [1.82, 2.24) is 15.1 Å². The minimum absolute atomic E-state index is 0.0131. The fourth-order valence-corrected chi connectivity index (χ4v) is 3.42. The van der Waals surface area contributed by atoms with Gasteiger partial charge in [0.15, 0.2) is 0 Å². The van der Waals surface area contributed by atoms with Gasteiger partial charge in [-0.3, -0.25) is 9.69 Å². The second kappa shape index (κ2) is 6.75. The molecule has 0 aromatic heterocycles. The second-order valence-corrected chi connectivity index (χ2v) is 6.97. The van der Waals surface area contributed by atoms with Crippen molar-refractivity contribution in [3.05, 3.63) is 59.8 Å². The van der Waals surface area contributed by atoms with Crippen molar-refractivity contribution in [3.63, 3.8) is 0 Å². The Morgan fingerprint density at radius 2 is 1.92 bits per heavy atom. The highest BCUT2D eigenvalue weighted by molar-refractivity contribution is 6.01. The summed E-state index contributed by atoms with van der Waals surface area (Å²) < 4.78 is 0. The number of nitrogens with one attached hydrogen (secondary N) is 1. The smallest absolute Gasteiger partial charge is 0.322 e. The van der Waals surface area contributed by atoms with Crippen LogP contribution >= 0.6 is 0 Å². The number of rotatable bonds is 5. The minimum atomic E-state index is -0.401. The molecule has 0 saturated heterocycles. The van der Waals surface area contributed by atoms with E-state index in [4.69, 9.17) is 0 Å². The van der Waals surface area contributed by atoms with Gasteiger partial charge in [-0.25, -0.2) is 4.79 Å². The molecule has 0 fully saturated rings. The zero-order valence-electron chi connectivity index (χ0n) is 15.0. The molecule has 0 saturated carbocycles. The van der Waals surface area contributed by atoms with E-state index in [1.165, 1.54) is 0 Å². The van der Waals surface area contributed by atoms with E-state index < -0.39 is 6.04 Å². The molecule has 1 aromatic rings. The lowest BCUT2D eigenvalue weighted by Gasteiger charge is -2.33. The number of hydrogen-bond acceptors (Lipinski definition) is 2. The van der Waals surface area contributed by atoms with Gasteiger partial charge in [-0.05, 0) is 18.4 Å². The van der Waals surface area contributed by atoms with E-state index in [0.29, 0.717) is 24.6 Å². The summed E-state index contributed by atoms with van der Waals surface area (Å²) in [5.74, 6) is 0.358. The van der Waals surface area contributed by atoms with Crippen LogP contribution in [0.4, 0.5) is 4.79 Å². The summed E-state index contributed by atoms with van der Waals surface area (Å²) in [5.41, 5.74) is 2.41. The topological polar surface area (TPSA) is 52.7 Å². The monoisotopic (exact) mass is 339 g/mol. The van der Waals surface area contributed by atoms with Crippen LogP contribution < -0.4 is 5.32 Å². The predicted octanol–water partition coefficient (Wildman–Crippen LogP) is 3.08.